The van der Waals surface area contributed by atoms with Crippen LogP contribution in [0.15, 0.2) is 123 Å². The first-order chi connectivity index (χ1) is 34.3. The van der Waals surface area contributed by atoms with Crippen molar-refractivity contribution in [3.8, 4) is 17.2 Å². The van der Waals surface area contributed by atoms with E-state index in [9.17, 15) is 71.4 Å². The molecule has 0 saturated carbocycles. The molecular formula is C40H33N9O19S5. The van der Waals surface area contributed by atoms with Crippen LogP contribution in [0, 0.1) is 6.92 Å². The maximum Gasteiger partial charge on any atom is 0.358 e. The van der Waals surface area contributed by atoms with Gasteiger partial charge in [-0.1, -0.05) is 23.5 Å². The molecule has 33 heteroatoms. The number of H-pyrrole nitrogens is 1. The van der Waals surface area contributed by atoms with Crippen molar-refractivity contribution in [2.24, 2.45) is 30.7 Å². The van der Waals surface area contributed by atoms with Gasteiger partial charge in [0.15, 0.2) is 17.1 Å². The van der Waals surface area contributed by atoms with Crippen LogP contribution in [0.5, 0.6) is 11.5 Å². The molecule has 7 rings (SSSR count). The summed E-state index contributed by atoms with van der Waals surface area (Å²) in [6.07, 6.45) is -0.154. The highest BCUT2D eigenvalue weighted by molar-refractivity contribution is 7.87. The fraction of sp³-hybridized carbons (Fsp3) is 0.150. The molecule has 0 bridgehead atoms. The van der Waals surface area contributed by atoms with Crippen molar-refractivity contribution in [3.63, 3.8) is 0 Å². The molecule has 5 aromatic carbocycles. The monoisotopic (exact) mass is 1100 g/mol. The number of phenolic OH excluding ortho intramolecular Hbond substituents is 1. The van der Waals surface area contributed by atoms with Gasteiger partial charge in [-0.05, 0) is 79.1 Å². The first-order valence-electron chi connectivity index (χ1n) is 20.0. The minimum atomic E-state index is -5.36. The summed E-state index contributed by atoms with van der Waals surface area (Å²) < 4.78 is 152. The Morgan fingerprint density at radius 2 is 1.47 bits per heavy atom. The molecule has 0 amide bonds. The lowest BCUT2D eigenvalue weighted by Crippen LogP contribution is -2.18. The van der Waals surface area contributed by atoms with E-state index in [1.165, 1.54) is 23.5 Å². The average molecular weight is 1100 g/mol. The number of benzene rings is 5. The topological polar surface area (TPSA) is 424 Å². The number of carbonyl (C=O) groups excluding carboxylic acids is 2. The number of methoxy groups -OCH3 is 1. The van der Waals surface area contributed by atoms with Gasteiger partial charge in [0, 0.05) is 16.8 Å². The van der Waals surface area contributed by atoms with E-state index in [4.69, 9.17) is 9.47 Å². The molecule has 2 heterocycles. The van der Waals surface area contributed by atoms with Crippen molar-refractivity contribution in [1.29, 1.82) is 0 Å². The molecular weight excluding hydrogens is 1070 g/mol. The molecule has 7 aromatic rings. The smallest absolute Gasteiger partial charge is 0.358 e. The molecule has 2 aromatic heterocycles. The third-order valence-corrected chi connectivity index (χ3v) is 14.3. The van der Waals surface area contributed by atoms with Gasteiger partial charge in [-0.2, -0.15) is 33.7 Å². The van der Waals surface area contributed by atoms with Crippen LogP contribution in [0.25, 0.3) is 26.7 Å². The zero-order chi connectivity index (χ0) is 53.2. The van der Waals surface area contributed by atoms with E-state index in [1.807, 2.05) is 0 Å². The molecule has 382 valence electrons. The lowest BCUT2D eigenvalue weighted by atomic mass is 10.1. The Kier molecular flexibility index (Phi) is 15.1. The first-order valence-corrected chi connectivity index (χ1v) is 26.7. The SMILES string of the molecule is COC(=O)c1[nH]n(-c2ccc(S(=O)(=O)O)cc2S(=O)(=O)O)c(=O)c1N=Nc1ccc2c(O)c(N=Nc3cc(C)c(N=Nc4nc5ccc(COC=O)cc5s4)cc3OCCCS(=O)(=O)O)ccc2c1S(=O)(=O)O. The van der Waals surface area contributed by atoms with Crippen LogP contribution in [-0.2, 0) is 61.3 Å². The second-order valence-electron chi connectivity index (χ2n) is 14.9. The van der Waals surface area contributed by atoms with Crippen LogP contribution in [0.3, 0.4) is 0 Å². The Hall–Kier alpha value is -7.76. The number of aromatic nitrogens is 3. The van der Waals surface area contributed by atoms with Gasteiger partial charge in [-0.15, -0.1) is 30.7 Å². The van der Waals surface area contributed by atoms with Gasteiger partial charge in [0.2, 0.25) is 5.13 Å². The number of aryl methyl sites for hydroxylation is 1. The van der Waals surface area contributed by atoms with Crippen molar-refractivity contribution in [1.82, 2.24) is 14.8 Å². The molecule has 0 aliphatic carbocycles. The summed E-state index contributed by atoms with van der Waals surface area (Å²) in [5.74, 6) is -2.66. The van der Waals surface area contributed by atoms with Gasteiger partial charge in [0.05, 0.1) is 46.0 Å². The minimum Gasteiger partial charge on any atom is -0.505 e. The zero-order valence-corrected chi connectivity index (χ0v) is 41.0. The predicted molar refractivity (Wildman–Crippen MR) is 253 cm³/mol. The van der Waals surface area contributed by atoms with Gasteiger partial charge in [-0.25, -0.2) is 14.5 Å². The highest BCUT2D eigenvalue weighted by Crippen LogP contribution is 2.43. The summed E-state index contributed by atoms with van der Waals surface area (Å²) in [5.41, 5.74) is -2.90. The van der Waals surface area contributed by atoms with E-state index in [2.05, 4.69) is 45.5 Å². The third-order valence-electron chi connectivity index (χ3n) is 9.95. The Balaban J connectivity index is 1.24. The predicted octanol–water partition coefficient (Wildman–Crippen LogP) is 7.05. The normalized spacial score (nSPS) is 12.7. The van der Waals surface area contributed by atoms with Gasteiger partial charge in [-0.3, -0.25) is 32.9 Å². The zero-order valence-electron chi connectivity index (χ0n) is 36.9. The summed E-state index contributed by atoms with van der Waals surface area (Å²) in [6.45, 7) is 1.78. The molecule has 0 saturated heterocycles. The van der Waals surface area contributed by atoms with Gasteiger partial charge >= 0.3 is 5.97 Å². The summed E-state index contributed by atoms with van der Waals surface area (Å²) >= 11 is 1.20. The van der Waals surface area contributed by atoms with Crippen LogP contribution in [0.2, 0.25) is 0 Å². The van der Waals surface area contributed by atoms with Crippen molar-refractivity contribution in [2.45, 2.75) is 34.6 Å². The van der Waals surface area contributed by atoms with E-state index < -0.39 is 101 Å². The lowest BCUT2D eigenvalue weighted by Gasteiger charge is -2.11. The number of esters is 1. The number of nitrogens with zero attached hydrogens (tertiary/aromatic N) is 8. The first kappa shape index (κ1) is 53.0. The molecule has 28 nitrogen and oxygen atoms in total. The van der Waals surface area contributed by atoms with Crippen molar-refractivity contribution >= 4 is 119 Å². The number of aromatic hydroxyl groups is 1. The van der Waals surface area contributed by atoms with Gasteiger partial charge in [0.25, 0.3) is 52.5 Å². The van der Waals surface area contributed by atoms with E-state index in [0.29, 0.717) is 40.4 Å². The Morgan fingerprint density at radius 3 is 2.14 bits per heavy atom. The van der Waals surface area contributed by atoms with E-state index in [0.717, 1.165) is 41.6 Å². The molecule has 0 aliphatic rings. The largest absolute Gasteiger partial charge is 0.505 e. The number of aromatic amines is 1. The second-order valence-corrected chi connectivity index (χ2v) is 21.6. The van der Waals surface area contributed by atoms with E-state index >= 15 is 0 Å². The molecule has 0 aliphatic heterocycles. The Labute approximate surface area is 414 Å². The number of carbonyl (C=O) groups is 2. The van der Waals surface area contributed by atoms with E-state index in [1.54, 1.807) is 25.1 Å². The fourth-order valence-electron chi connectivity index (χ4n) is 6.67. The fourth-order valence-corrected chi connectivity index (χ4v) is 10.1. The standard InChI is InChI=1S/C40H33N9O19S5/c1-20-14-29(31(68-12-3-13-70(54,55)56)17-28(20)44-47-40-41-25-8-4-21(18-67-19-50)15-32(25)69-40)45-42-26-9-7-24-23(36(26)51)6-10-27(37(24)73(63,64)65)43-46-34-35(39(53)66-2)48-49(38(34)52)30-11-5-22(71(57,58)59)16-33(30)72(60,61)62/h4-11,14-17,19,48,51H,3,12-13,18H2,1-2H3,(H,54,55,56)(H,57,58,59)(H,60,61,62)(H,63,64,65). The maximum atomic E-state index is 13.7. The van der Waals surface area contributed by atoms with Crippen molar-refractivity contribution in [3.05, 3.63) is 100.0 Å². The number of fused-ring (bicyclic) bond motifs is 2. The van der Waals surface area contributed by atoms with Crippen LogP contribution >= 0.6 is 11.3 Å². The number of nitrogens with one attached hydrogen (secondary N) is 1. The Bertz CT molecular complexity index is 4020. The summed E-state index contributed by atoms with van der Waals surface area (Å²) in [5, 5.41) is 37.5. The van der Waals surface area contributed by atoms with Crippen molar-refractivity contribution < 1.29 is 80.8 Å². The number of hydrogen-bond donors (Lipinski definition) is 6. The minimum absolute atomic E-state index is 0.00911. The maximum absolute atomic E-state index is 13.7. The van der Waals surface area contributed by atoms with Crippen LogP contribution in [0.4, 0.5) is 33.6 Å². The number of phenols is 1. The third kappa shape index (κ3) is 12.1. The van der Waals surface area contributed by atoms with E-state index in [-0.39, 0.29) is 58.4 Å². The number of hydrogen-bond acceptors (Lipinski definition) is 23. The molecule has 0 radical (unpaired) electrons. The quantitative estimate of drug-likeness (QED) is 0.0155. The van der Waals surface area contributed by atoms with Gasteiger partial charge < -0.3 is 19.3 Å². The summed E-state index contributed by atoms with van der Waals surface area (Å²) in [7, 11) is -19.2. The molecule has 0 spiro atoms. The highest BCUT2D eigenvalue weighted by Gasteiger charge is 2.28. The van der Waals surface area contributed by atoms with Crippen LogP contribution in [-0.4, -0.2) is 104 Å². The Morgan fingerprint density at radius 1 is 0.781 bits per heavy atom. The molecule has 0 atom stereocenters. The number of ether oxygens (including phenoxy) is 3. The number of azo groups is 3. The lowest BCUT2D eigenvalue weighted by molar-refractivity contribution is -0.129. The van der Waals surface area contributed by atoms with Crippen molar-refractivity contribution in [2.75, 3.05) is 19.5 Å². The second kappa shape index (κ2) is 20.8. The average Bonchev–Trinajstić information content (AvgIpc) is 3.88. The molecule has 73 heavy (non-hydrogen) atoms. The van der Waals surface area contributed by atoms with Crippen LogP contribution in [0.1, 0.15) is 28.0 Å². The van der Waals surface area contributed by atoms with Gasteiger partial charge in [0.1, 0.15) is 39.2 Å². The molecule has 6 N–H and O–H groups in total. The summed E-state index contributed by atoms with van der Waals surface area (Å²) in [4.78, 5) is 38.3. The highest BCUT2D eigenvalue weighted by atomic mass is 32.2. The number of rotatable bonds is 19. The molecule has 0 unspecified atom stereocenters. The number of thiazole rings is 1. The molecule has 0 fully saturated rings. The van der Waals surface area contributed by atoms with Crippen LogP contribution < -0.4 is 10.3 Å². The summed E-state index contributed by atoms with van der Waals surface area (Å²) in [6, 6.07) is 14.0.